The minimum absolute atomic E-state index is 0.0279. The van der Waals surface area contributed by atoms with Gasteiger partial charge in [-0.1, -0.05) is 6.92 Å². The molecule has 1 saturated heterocycles. The minimum atomic E-state index is -0.596. The summed E-state index contributed by atoms with van der Waals surface area (Å²) in [6, 6.07) is 2.52. The van der Waals surface area contributed by atoms with Crippen molar-refractivity contribution < 1.29 is 13.9 Å². The number of carbonyl (C=O) groups excluding carboxylic acids is 1. The van der Waals surface area contributed by atoms with Crippen molar-refractivity contribution in [2.45, 2.75) is 19.8 Å². The third kappa shape index (κ3) is 2.80. The van der Waals surface area contributed by atoms with Crippen molar-refractivity contribution in [2.24, 2.45) is 5.92 Å². The number of amides is 1. The quantitative estimate of drug-likeness (QED) is 0.836. The zero-order valence-corrected chi connectivity index (χ0v) is 11.3. The number of rotatable bonds is 2. The second kappa shape index (κ2) is 5.47. The van der Waals surface area contributed by atoms with E-state index >= 15 is 0 Å². The molecule has 19 heavy (non-hydrogen) atoms. The molecule has 0 radical (unpaired) electrons. The second-order valence-electron chi connectivity index (χ2n) is 5.07. The molecule has 0 aromatic heterocycles. The van der Waals surface area contributed by atoms with Crippen LogP contribution in [0.4, 0.5) is 10.1 Å². The molecule has 1 aliphatic heterocycles. The maximum atomic E-state index is 13.9. The van der Waals surface area contributed by atoms with E-state index < -0.39 is 5.82 Å². The van der Waals surface area contributed by atoms with Gasteiger partial charge < -0.3 is 15.4 Å². The van der Waals surface area contributed by atoms with Gasteiger partial charge in [-0.05, 0) is 24.8 Å². The first-order valence-electron chi connectivity index (χ1n) is 6.45. The zero-order chi connectivity index (χ0) is 14.0. The molecule has 2 N–H and O–H groups in total. The summed E-state index contributed by atoms with van der Waals surface area (Å²) in [5.41, 5.74) is 5.84. The number of anilines is 1. The fraction of sp³-hybridized carbons (Fsp3) is 0.500. The van der Waals surface area contributed by atoms with Crippen LogP contribution in [0, 0.1) is 11.7 Å². The molecule has 0 bridgehead atoms. The number of likely N-dealkylation sites (tertiary alicyclic amines) is 1. The molecule has 0 saturated carbocycles. The van der Waals surface area contributed by atoms with Crippen LogP contribution in [-0.2, 0) is 0 Å². The highest BCUT2D eigenvalue weighted by Gasteiger charge is 2.25. The minimum Gasteiger partial charge on any atom is -0.495 e. The Morgan fingerprint density at radius 3 is 2.89 bits per heavy atom. The summed E-state index contributed by atoms with van der Waals surface area (Å²) in [6.07, 6.45) is 2.07. The molecule has 104 valence electrons. The average molecular weight is 266 g/mol. The van der Waals surface area contributed by atoms with Gasteiger partial charge in [-0.15, -0.1) is 0 Å². The molecule has 4 nitrogen and oxygen atoms in total. The van der Waals surface area contributed by atoms with Gasteiger partial charge in [-0.3, -0.25) is 4.79 Å². The van der Waals surface area contributed by atoms with Crippen LogP contribution in [0.2, 0.25) is 0 Å². The summed E-state index contributed by atoms with van der Waals surface area (Å²) < 4.78 is 18.9. The van der Waals surface area contributed by atoms with Crippen molar-refractivity contribution in [1.82, 2.24) is 4.90 Å². The highest BCUT2D eigenvalue weighted by molar-refractivity contribution is 5.95. The van der Waals surface area contributed by atoms with Crippen molar-refractivity contribution in [3.05, 3.63) is 23.5 Å². The largest absolute Gasteiger partial charge is 0.495 e. The number of ether oxygens (including phenoxy) is 1. The van der Waals surface area contributed by atoms with E-state index in [1.54, 1.807) is 4.90 Å². The Bertz CT molecular complexity index is 491. The number of benzene rings is 1. The molecule has 1 aromatic rings. The van der Waals surface area contributed by atoms with Crippen molar-refractivity contribution in [1.29, 1.82) is 0 Å². The summed E-state index contributed by atoms with van der Waals surface area (Å²) in [4.78, 5) is 14.0. The van der Waals surface area contributed by atoms with E-state index in [2.05, 4.69) is 6.92 Å². The highest BCUT2D eigenvalue weighted by atomic mass is 19.1. The normalized spacial score (nSPS) is 19.3. The van der Waals surface area contributed by atoms with E-state index in [0.717, 1.165) is 18.9 Å². The lowest BCUT2D eigenvalue weighted by molar-refractivity contribution is 0.0678. The van der Waals surface area contributed by atoms with Gasteiger partial charge in [0.1, 0.15) is 11.6 Å². The Kier molecular flexibility index (Phi) is 3.93. The number of methoxy groups -OCH3 is 1. The van der Waals surface area contributed by atoms with Gasteiger partial charge in [0.05, 0.1) is 18.4 Å². The van der Waals surface area contributed by atoms with Crippen molar-refractivity contribution in [3.63, 3.8) is 0 Å². The molecule has 0 aliphatic carbocycles. The molecule has 1 unspecified atom stereocenters. The number of hydrogen-bond acceptors (Lipinski definition) is 3. The molecular weight excluding hydrogens is 247 g/mol. The van der Waals surface area contributed by atoms with Crippen LogP contribution in [0.3, 0.4) is 0 Å². The third-order valence-electron chi connectivity index (χ3n) is 3.49. The predicted molar refractivity (Wildman–Crippen MR) is 71.7 cm³/mol. The molecule has 1 atom stereocenters. The molecular formula is C14H19FN2O2. The van der Waals surface area contributed by atoms with Gasteiger partial charge in [-0.2, -0.15) is 0 Å². The van der Waals surface area contributed by atoms with Crippen LogP contribution in [0.1, 0.15) is 30.1 Å². The lowest BCUT2D eigenvalue weighted by Crippen LogP contribution is -2.39. The van der Waals surface area contributed by atoms with Crippen molar-refractivity contribution >= 4 is 11.6 Å². The topological polar surface area (TPSA) is 55.6 Å². The standard InChI is InChI=1S/C14H19FN2O2/c1-9-4-3-5-17(8-9)14(18)10-6-13(19-2)12(16)7-11(10)15/h6-7,9H,3-5,8,16H2,1-2H3. The van der Waals surface area contributed by atoms with Gasteiger partial charge in [0.15, 0.2) is 0 Å². The van der Waals surface area contributed by atoms with E-state index in [4.69, 9.17) is 10.5 Å². The van der Waals surface area contributed by atoms with Crippen LogP contribution in [0.5, 0.6) is 5.75 Å². The lowest BCUT2D eigenvalue weighted by atomic mass is 9.99. The van der Waals surface area contributed by atoms with Crippen LogP contribution in [0.25, 0.3) is 0 Å². The summed E-state index contributed by atoms with van der Waals surface area (Å²) in [7, 11) is 1.45. The SMILES string of the molecule is COc1cc(C(=O)N2CCCC(C)C2)c(F)cc1N. The van der Waals surface area contributed by atoms with Gasteiger partial charge in [0.2, 0.25) is 0 Å². The van der Waals surface area contributed by atoms with Gasteiger partial charge >= 0.3 is 0 Å². The summed E-state index contributed by atoms with van der Waals surface area (Å²) in [6.45, 7) is 3.44. The van der Waals surface area contributed by atoms with E-state index in [1.165, 1.54) is 13.2 Å². The number of halogens is 1. The lowest BCUT2D eigenvalue weighted by Gasteiger charge is -2.31. The smallest absolute Gasteiger partial charge is 0.256 e. The van der Waals surface area contributed by atoms with E-state index in [9.17, 15) is 9.18 Å². The molecule has 5 heteroatoms. The van der Waals surface area contributed by atoms with Crippen molar-refractivity contribution in [3.8, 4) is 5.75 Å². The molecule has 1 aliphatic rings. The van der Waals surface area contributed by atoms with Crippen LogP contribution < -0.4 is 10.5 Å². The molecule has 1 amide bonds. The first-order valence-corrected chi connectivity index (χ1v) is 6.45. The fourth-order valence-electron chi connectivity index (χ4n) is 2.45. The van der Waals surface area contributed by atoms with Crippen LogP contribution in [-0.4, -0.2) is 31.0 Å². The Balaban J connectivity index is 2.27. The molecule has 0 spiro atoms. The number of carbonyl (C=O) groups is 1. The molecule has 1 aromatic carbocycles. The molecule has 1 heterocycles. The Morgan fingerprint density at radius 2 is 2.26 bits per heavy atom. The number of nitrogens with zero attached hydrogens (tertiary/aromatic N) is 1. The van der Waals surface area contributed by atoms with Gasteiger partial charge in [-0.25, -0.2) is 4.39 Å². The first-order chi connectivity index (χ1) is 9.02. The Hall–Kier alpha value is -1.78. The maximum Gasteiger partial charge on any atom is 0.256 e. The average Bonchev–Trinajstić information content (AvgIpc) is 2.38. The highest BCUT2D eigenvalue weighted by Crippen LogP contribution is 2.27. The second-order valence-corrected chi connectivity index (χ2v) is 5.07. The fourth-order valence-corrected chi connectivity index (χ4v) is 2.45. The van der Waals surface area contributed by atoms with Gasteiger partial charge in [0, 0.05) is 19.2 Å². The van der Waals surface area contributed by atoms with Crippen molar-refractivity contribution in [2.75, 3.05) is 25.9 Å². The van der Waals surface area contributed by atoms with E-state index in [0.29, 0.717) is 24.8 Å². The summed E-state index contributed by atoms with van der Waals surface area (Å²) in [5, 5.41) is 0. The zero-order valence-electron chi connectivity index (χ0n) is 11.3. The first kappa shape index (κ1) is 13.6. The van der Waals surface area contributed by atoms with E-state index in [-0.39, 0.29) is 17.2 Å². The predicted octanol–water partition coefficient (Wildman–Crippen LogP) is 2.29. The molecule has 2 rings (SSSR count). The maximum absolute atomic E-state index is 13.9. The summed E-state index contributed by atoms with van der Waals surface area (Å²) in [5.74, 6) is -0.102. The summed E-state index contributed by atoms with van der Waals surface area (Å²) >= 11 is 0. The van der Waals surface area contributed by atoms with Crippen LogP contribution >= 0.6 is 0 Å². The van der Waals surface area contributed by atoms with Gasteiger partial charge in [0.25, 0.3) is 5.91 Å². The van der Waals surface area contributed by atoms with Crippen LogP contribution in [0.15, 0.2) is 12.1 Å². The Labute approximate surface area is 112 Å². The monoisotopic (exact) mass is 266 g/mol. The Morgan fingerprint density at radius 1 is 1.53 bits per heavy atom. The number of piperidine rings is 1. The number of hydrogen-bond donors (Lipinski definition) is 1. The van der Waals surface area contributed by atoms with E-state index in [1.807, 2.05) is 0 Å². The number of nitrogens with two attached hydrogens (primary N) is 1. The third-order valence-corrected chi connectivity index (χ3v) is 3.49. The number of nitrogen functional groups attached to an aromatic ring is 1. The molecule has 1 fully saturated rings.